The van der Waals surface area contributed by atoms with Crippen LogP contribution in [-0.2, 0) is 0 Å². The number of allylic oxidation sites excluding steroid dienone is 8. The molecule has 4 heteroatoms. The Kier molecular flexibility index (Phi) is 5.58. The first-order valence-electron chi connectivity index (χ1n) is 13.8. The summed E-state index contributed by atoms with van der Waals surface area (Å²) in [5.74, 6) is 3.42. The number of nitrogens with zero attached hydrogens (tertiary/aromatic N) is 3. The fourth-order valence-electron chi connectivity index (χ4n) is 7.97. The number of guanidine groups is 1. The van der Waals surface area contributed by atoms with Gasteiger partial charge in [0.25, 0.3) is 0 Å². The number of hydrogen-bond acceptors (Lipinski definition) is 3. The molecule has 7 rings (SSSR count). The van der Waals surface area contributed by atoms with E-state index < -0.39 is 8.24 Å². The molecule has 5 aliphatic rings. The zero-order valence-corrected chi connectivity index (χ0v) is 21.9. The zero-order chi connectivity index (χ0) is 24.0. The third kappa shape index (κ3) is 3.27. The van der Waals surface area contributed by atoms with Crippen LogP contribution in [0.25, 0.3) is 0 Å². The van der Waals surface area contributed by atoms with E-state index in [4.69, 9.17) is 4.99 Å². The Morgan fingerprint density at radius 1 is 0.611 bits per heavy atom. The number of rotatable bonds is 4. The summed E-state index contributed by atoms with van der Waals surface area (Å²) in [7, 11) is -2.55. The van der Waals surface area contributed by atoms with Crippen LogP contribution in [0.4, 0.5) is 0 Å². The molecule has 3 aliphatic carbocycles. The standard InChI is InChI=1S/C32H35N3Si/c1-3-13-25(14-4-1)36(26-15-5-2-6-16-26,35-24-12-23-34-22-11-21-33-32(34)35)31-29-19-9-7-17-27(29)28-18-8-10-20-30(28)31/h1-10,13-20,27-31H,11-12,21-24H2. The van der Waals surface area contributed by atoms with E-state index in [9.17, 15) is 0 Å². The summed E-state index contributed by atoms with van der Waals surface area (Å²) in [6, 6.07) is 23.2. The largest absolute Gasteiger partial charge is 0.361 e. The summed E-state index contributed by atoms with van der Waals surface area (Å²) < 4.78 is 2.88. The van der Waals surface area contributed by atoms with Gasteiger partial charge in [0.1, 0.15) is 0 Å². The maximum Gasteiger partial charge on any atom is 0.227 e. The summed E-state index contributed by atoms with van der Waals surface area (Å²) >= 11 is 0. The third-order valence-electron chi connectivity index (χ3n) is 9.23. The quantitative estimate of drug-likeness (QED) is 0.584. The minimum atomic E-state index is -2.55. The number of fused-ring (bicyclic) bond motifs is 4. The Balaban J connectivity index is 1.53. The van der Waals surface area contributed by atoms with Crippen LogP contribution in [0.5, 0.6) is 0 Å². The molecule has 0 spiro atoms. The predicted octanol–water partition coefficient (Wildman–Crippen LogP) is 4.61. The molecular weight excluding hydrogens is 454 g/mol. The molecule has 0 radical (unpaired) electrons. The van der Waals surface area contributed by atoms with Crippen LogP contribution >= 0.6 is 0 Å². The predicted molar refractivity (Wildman–Crippen MR) is 152 cm³/mol. The number of benzene rings is 2. The van der Waals surface area contributed by atoms with Gasteiger partial charge in [0.15, 0.2) is 5.96 Å². The van der Waals surface area contributed by atoms with Crippen LogP contribution in [0.2, 0.25) is 5.54 Å². The van der Waals surface area contributed by atoms with Crippen LogP contribution in [0, 0.1) is 23.7 Å². The van der Waals surface area contributed by atoms with Gasteiger partial charge in [0.2, 0.25) is 8.24 Å². The normalized spacial score (nSPS) is 30.6. The summed E-state index contributed by atoms with van der Waals surface area (Å²) in [4.78, 5) is 7.86. The zero-order valence-electron chi connectivity index (χ0n) is 20.9. The van der Waals surface area contributed by atoms with Crippen molar-refractivity contribution < 1.29 is 0 Å². The van der Waals surface area contributed by atoms with Crippen LogP contribution in [0.15, 0.2) is 114 Å². The Hall–Kier alpha value is -3.11. The van der Waals surface area contributed by atoms with Crippen molar-refractivity contribution in [1.29, 1.82) is 0 Å². The molecule has 2 aliphatic heterocycles. The molecule has 2 fully saturated rings. The summed E-state index contributed by atoms with van der Waals surface area (Å²) in [6.45, 7) is 4.31. The molecule has 2 aromatic rings. The van der Waals surface area contributed by atoms with Gasteiger partial charge in [0, 0.05) is 26.2 Å². The van der Waals surface area contributed by atoms with Gasteiger partial charge >= 0.3 is 0 Å². The number of hydrogen-bond donors (Lipinski definition) is 0. The molecule has 0 N–H and O–H groups in total. The van der Waals surface area contributed by atoms with E-state index >= 15 is 0 Å². The van der Waals surface area contributed by atoms with Crippen molar-refractivity contribution >= 4 is 24.6 Å². The maximum absolute atomic E-state index is 5.27. The molecule has 1 saturated heterocycles. The number of aliphatic imine (C=N–C) groups is 1. The van der Waals surface area contributed by atoms with Crippen LogP contribution in [0.1, 0.15) is 12.8 Å². The monoisotopic (exact) mass is 489 g/mol. The van der Waals surface area contributed by atoms with Gasteiger partial charge in [0.05, 0.1) is 0 Å². The molecule has 1 saturated carbocycles. The fourth-order valence-corrected chi connectivity index (χ4v) is 14.3. The van der Waals surface area contributed by atoms with E-state index in [1.54, 1.807) is 0 Å². The van der Waals surface area contributed by atoms with Crippen LogP contribution < -0.4 is 10.4 Å². The van der Waals surface area contributed by atoms with E-state index in [0.717, 1.165) is 26.2 Å². The Morgan fingerprint density at radius 3 is 1.72 bits per heavy atom. The molecule has 4 unspecified atom stereocenters. The molecule has 2 heterocycles. The van der Waals surface area contributed by atoms with Gasteiger partial charge in [-0.2, -0.15) is 0 Å². The third-order valence-corrected chi connectivity index (χ3v) is 14.7. The smallest absolute Gasteiger partial charge is 0.227 e. The molecule has 182 valence electrons. The van der Waals surface area contributed by atoms with Crippen LogP contribution in [-0.4, -0.2) is 49.8 Å². The minimum Gasteiger partial charge on any atom is -0.361 e. The Labute approximate surface area is 216 Å². The van der Waals surface area contributed by atoms with Gasteiger partial charge in [-0.1, -0.05) is 109 Å². The topological polar surface area (TPSA) is 18.8 Å². The van der Waals surface area contributed by atoms with Gasteiger partial charge < -0.3 is 9.47 Å². The van der Waals surface area contributed by atoms with Crippen molar-refractivity contribution in [2.75, 3.05) is 26.2 Å². The molecule has 3 nitrogen and oxygen atoms in total. The molecule has 2 aromatic carbocycles. The fraction of sp³-hybridized carbons (Fsp3) is 0.344. The SMILES string of the molecule is C1=CC2C3C=CC=CC3C([Si](c3ccccc3)(c3ccccc3)N3CCCN4CCCN=C43)C2C=C1. The lowest BCUT2D eigenvalue weighted by Gasteiger charge is -2.55. The van der Waals surface area contributed by atoms with E-state index in [2.05, 4.69) is 119 Å². The molecule has 0 bridgehead atoms. The van der Waals surface area contributed by atoms with Gasteiger partial charge in [-0.05, 0) is 52.4 Å². The first kappa shape index (κ1) is 22.1. The van der Waals surface area contributed by atoms with Crippen molar-refractivity contribution in [1.82, 2.24) is 9.47 Å². The highest BCUT2D eigenvalue weighted by atomic mass is 28.3. The van der Waals surface area contributed by atoms with Crippen molar-refractivity contribution in [2.45, 2.75) is 18.4 Å². The first-order valence-corrected chi connectivity index (χ1v) is 15.8. The molecular formula is C32H35N3Si. The summed E-state index contributed by atoms with van der Waals surface area (Å²) in [6.07, 6.45) is 21.7. The lowest BCUT2D eigenvalue weighted by Crippen LogP contribution is -2.78. The van der Waals surface area contributed by atoms with E-state index in [1.807, 2.05) is 0 Å². The van der Waals surface area contributed by atoms with Crippen molar-refractivity contribution in [3.8, 4) is 0 Å². The average molecular weight is 490 g/mol. The van der Waals surface area contributed by atoms with Crippen LogP contribution in [0.3, 0.4) is 0 Å². The highest BCUT2D eigenvalue weighted by Crippen LogP contribution is 2.58. The van der Waals surface area contributed by atoms with Gasteiger partial charge in [-0.25, -0.2) is 0 Å². The lowest BCUT2D eigenvalue weighted by molar-refractivity contribution is 0.294. The average Bonchev–Trinajstić information content (AvgIpc) is 3.30. The highest BCUT2D eigenvalue weighted by molar-refractivity contribution is 7.02. The van der Waals surface area contributed by atoms with Crippen molar-refractivity contribution in [3.05, 3.63) is 109 Å². The van der Waals surface area contributed by atoms with Crippen molar-refractivity contribution in [2.24, 2.45) is 28.7 Å². The van der Waals surface area contributed by atoms with Gasteiger partial charge in [-0.15, -0.1) is 0 Å². The molecule has 36 heavy (non-hydrogen) atoms. The second-order valence-corrected chi connectivity index (χ2v) is 14.8. The maximum atomic E-state index is 5.27. The molecule has 0 amide bonds. The van der Waals surface area contributed by atoms with E-state index in [-0.39, 0.29) is 0 Å². The first-order chi connectivity index (χ1) is 17.9. The Morgan fingerprint density at radius 2 is 1.14 bits per heavy atom. The second kappa shape index (κ2) is 9.08. The Bertz CT molecular complexity index is 1170. The van der Waals surface area contributed by atoms with Gasteiger partial charge in [-0.3, -0.25) is 4.99 Å². The minimum absolute atomic E-state index is 0.518. The lowest BCUT2D eigenvalue weighted by atomic mass is 9.83. The molecule has 0 aromatic heterocycles. The second-order valence-electron chi connectivity index (χ2n) is 10.9. The van der Waals surface area contributed by atoms with E-state index in [0.29, 0.717) is 29.2 Å². The molecule has 4 atom stereocenters. The van der Waals surface area contributed by atoms with E-state index in [1.165, 1.54) is 29.2 Å². The summed E-state index contributed by atoms with van der Waals surface area (Å²) in [5.41, 5.74) is 0.518. The van der Waals surface area contributed by atoms with Crippen molar-refractivity contribution in [3.63, 3.8) is 0 Å². The summed E-state index contributed by atoms with van der Waals surface area (Å²) in [5, 5.41) is 3.06. The highest BCUT2D eigenvalue weighted by Gasteiger charge is 2.62.